The zero-order chi connectivity index (χ0) is 19.1. The van der Waals surface area contributed by atoms with Crippen molar-refractivity contribution in [2.45, 2.75) is 17.7 Å². The quantitative estimate of drug-likeness (QED) is 0.271. The molecule has 27 heavy (non-hydrogen) atoms. The van der Waals surface area contributed by atoms with Gasteiger partial charge < -0.3 is 0 Å². The van der Waals surface area contributed by atoms with Gasteiger partial charge in [0.25, 0.3) is 17.5 Å². The minimum atomic E-state index is -0.674. The van der Waals surface area contributed by atoms with Crippen LogP contribution in [0.2, 0.25) is 0 Å². The number of hydrogen-bond donors (Lipinski definition) is 0. The molecule has 2 amide bonds. The van der Waals surface area contributed by atoms with Gasteiger partial charge in [0, 0.05) is 11.8 Å². The molecular weight excluding hydrogens is 386 g/mol. The van der Waals surface area contributed by atoms with E-state index in [-0.39, 0.29) is 16.8 Å². The number of carbonyl (C=O) groups excluding carboxylic acids is 2. The van der Waals surface area contributed by atoms with E-state index >= 15 is 0 Å². The topological polar surface area (TPSA) is 93.4 Å². The minimum absolute atomic E-state index is 0.0535. The molecule has 0 fully saturated rings. The standard InChI is InChI=1S/C18H13N3O4S2/c1-2-8-26-18-19-12-7-6-10(9-14(12)27-18)20-16(22)11-4-3-5-13(21(24)25)15(11)17(20)23/h3-7,9H,2,8H2,1H3. The van der Waals surface area contributed by atoms with E-state index in [9.17, 15) is 19.7 Å². The molecular formula is C18H13N3O4S2. The van der Waals surface area contributed by atoms with Gasteiger partial charge >= 0.3 is 0 Å². The average molecular weight is 399 g/mol. The molecule has 0 N–H and O–H groups in total. The Bertz CT molecular complexity index is 1110. The number of thioether (sulfide) groups is 1. The summed E-state index contributed by atoms with van der Waals surface area (Å²) in [6.45, 7) is 2.10. The molecule has 0 spiro atoms. The third-order valence-electron chi connectivity index (χ3n) is 4.13. The van der Waals surface area contributed by atoms with E-state index in [1.54, 1.807) is 30.0 Å². The summed E-state index contributed by atoms with van der Waals surface area (Å²) in [5.41, 5.74) is 0.725. The molecule has 0 bridgehead atoms. The molecule has 2 heterocycles. The van der Waals surface area contributed by atoms with Crippen LogP contribution >= 0.6 is 23.1 Å². The van der Waals surface area contributed by atoms with Gasteiger partial charge in [-0.3, -0.25) is 19.7 Å². The molecule has 1 aliphatic heterocycles. The molecule has 0 aliphatic carbocycles. The summed E-state index contributed by atoms with van der Waals surface area (Å²) in [5.74, 6) is -0.260. The van der Waals surface area contributed by atoms with Gasteiger partial charge in [0.15, 0.2) is 4.34 Å². The van der Waals surface area contributed by atoms with Crippen molar-refractivity contribution in [2.75, 3.05) is 10.7 Å². The van der Waals surface area contributed by atoms with Crippen LogP contribution in [0.1, 0.15) is 34.1 Å². The maximum absolute atomic E-state index is 12.8. The van der Waals surface area contributed by atoms with Crippen LogP contribution in [0.3, 0.4) is 0 Å². The van der Waals surface area contributed by atoms with Gasteiger partial charge in [0.2, 0.25) is 0 Å². The number of hydrogen-bond acceptors (Lipinski definition) is 7. The van der Waals surface area contributed by atoms with Crippen LogP contribution in [0.15, 0.2) is 40.7 Å². The molecule has 7 nitrogen and oxygen atoms in total. The third-order valence-corrected chi connectivity index (χ3v) is 6.50. The Morgan fingerprint density at radius 3 is 2.78 bits per heavy atom. The van der Waals surface area contributed by atoms with Crippen molar-refractivity contribution in [3.8, 4) is 0 Å². The summed E-state index contributed by atoms with van der Waals surface area (Å²) in [6.07, 6.45) is 1.04. The number of amides is 2. The monoisotopic (exact) mass is 399 g/mol. The summed E-state index contributed by atoms with van der Waals surface area (Å²) in [5, 5.41) is 11.2. The first-order chi connectivity index (χ1) is 13.0. The zero-order valence-corrected chi connectivity index (χ0v) is 15.8. The molecule has 0 atom stereocenters. The molecule has 0 unspecified atom stereocenters. The second-order valence-electron chi connectivity index (χ2n) is 5.88. The Kier molecular flexibility index (Phi) is 4.40. The fourth-order valence-corrected chi connectivity index (χ4v) is 4.96. The van der Waals surface area contributed by atoms with Crippen molar-refractivity contribution in [2.24, 2.45) is 0 Å². The van der Waals surface area contributed by atoms with Gasteiger partial charge in [0.05, 0.1) is 26.4 Å². The molecule has 0 radical (unpaired) electrons. The van der Waals surface area contributed by atoms with Crippen molar-refractivity contribution in [3.05, 3.63) is 57.6 Å². The zero-order valence-electron chi connectivity index (χ0n) is 14.2. The van der Waals surface area contributed by atoms with E-state index in [4.69, 9.17) is 0 Å². The smallest absolute Gasteiger partial charge is 0.268 e. The maximum Gasteiger partial charge on any atom is 0.283 e. The van der Waals surface area contributed by atoms with E-state index < -0.39 is 16.7 Å². The number of carbonyl (C=O) groups is 2. The normalized spacial score (nSPS) is 13.4. The van der Waals surface area contributed by atoms with Crippen molar-refractivity contribution < 1.29 is 14.5 Å². The average Bonchev–Trinajstić information content (AvgIpc) is 3.18. The highest BCUT2D eigenvalue weighted by Crippen LogP contribution is 2.37. The van der Waals surface area contributed by atoms with E-state index in [1.165, 1.54) is 29.5 Å². The Balaban J connectivity index is 1.75. The number of benzene rings is 2. The number of imide groups is 1. The lowest BCUT2D eigenvalue weighted by atomic mass is 10.1. The highest BCUT2D eigenvalue weighted by molar-refractivity contribution is 8.01. The highest BCUT2D eigenvalue weighted by Gasteiger charge is 2.41. The number of anilines is 1. The van der Waals surface area contributed by atoms with Crippen LogP contribution in [-0.2, 0) is 0 Å². The summed E-state index contributed by atoms with van der Waals surface area (Å²) in [7, 11) is 0. The highest BCUT2D eigenvalue weighted by atomic mass is 32.2. The molecule has 0 saturated heterocycles. The van der Waals surface area contributed by atoms with Gasteiger partial charge in [-0.05, 0) is 30.7 Å². The third kappa shape index (κ3) is 2.88. The number of aromatic nitrogens is 1. The van der Waals surface area contributed by atoms with E-state index in [2.05, 4.69) is 11.9 Å². The number of fused-ring (bicyclic) bond motifs is 2. The molecule has 136 valence electrons. The van der Waals surface area contributed by atoms with Crippen LogP contribution in [0, 0.1) is 10.1 Å². The van der Waals surface area contributed by atoms with Gasteiger partial charge in [-0.1, -0.05) is 24.8 Å². The Labute approximate surface area is 162 Å². The van der Waals surface area contributed by atoms with Crippen molar-refractivity contribution in [1.82, 2.24) is 4.98 Å². The first-order valence-corrected chi connectivity index (χ1v) is 10.0. The summed E-state index contributed by atoms with van der Waals surface area (Å²) >= 11 is 3.16. The summed E-state index contributed by atoms with van der Waals surface area (Å²) in [6, 6.07) is 9.22. The Hall–Kier alpha value is -2.78. The van der Waals surface area contributed by atoms with Crippen LogP contribution in [-0.4, -0.2) is 27.5 Å². The van der Waals surface area contributed by atoms with Crippen LogP contribution < -0.4 is 4.90 Å². The van der Waals surface area contributed by atoms with Crippen molar-refractivity contribution in [3.63, 3.8) is 0 Å². The Morgan fingerprint density at radius 2 is 2.04 bits per heavy atom. The predicted molar refractivity (Wildman–Crippen MR) is 105 cm³/mol. The number of rotatable bonds is 5. The second-order valence-corrected chi connectivity index (χ2v) is 8.26. The lowest BCUT2D eigenvalue weighted by Gasteiger charge is -2.13. The lowest BCUT2D eigenvalue weighted by Crippen LogP contribution is -2.29. The van der Waals surface area contributed by atoms with Gasteiger partial charge in [-0.25, -0.2) is 9.88 Å². The fourth-order valence-electron chi connectivity index (χ4n) is 2.94. The lowest BCUT2D eigenvalue weighted by molar-refractivity contribution is -0.385. The molecule has 4 rings (SSSR count). The second kappa shape index (κ2) is 6.75. The Morgan fingerprint density at radius 1 is 1.22 bits per heavy atom. The molecule has 2 aromatic carbocycles. The van der Waals surface area contributed by atoms with Crippen LogP contribution in [0.25, 0.3) is 10.2 Å². The summed E-state index contributed by atoms with van der Waals surface area (Å²) < 4.78 is 1.79. The van der Waals surface area contributed by atoms with Crippen LogP contribution in [0.5, 0.6) is 0 Å². The largest absolute Gasteiger partial charge is 0.283 e. The van der Waals surface area contributed by atoms with Gasteiger partial charge in [-0.2, -0.15) is 0 Å². The van der Waals surface area contributed by atoms with E-state index in [1.807, 2.05) is 0 Å². The summed E-state index contributed by atoms with van der Waals surface area (Å²) in [4.78, 5) is 41.7. The molecule has 1 aliphatic rings. The fraction of sp³-hybridized carbons (Fsp3) is 0.167. The van der Waals surface area contributed by atoms with E-state index in [0.29, 0.717) is 5.69 Å². The SMILES string of the molecule is CCCSc1nc2ccc(N3C(=O)c4cccc([N+](=O)[O-])c4C3=O)cc2s1. The van der Waals surface area contributed by atoms with E-state index in [0.717, 1.165) is 31.6 Å². The minimum Gasteiger partial charge on any atom is -0.268 e. The van der Waals surface area contributed by atoms with Crippen molar-refractivity contribution in [1.29, 1.82) is 0 Å². The molecule has 1 aromatic heterocycles. The van der Waals surface area contributed by atoms with Gasteiger partial charge in [-0.15, -0.1) is 11.3 Å². The predicted octanol–water partition coefficient (Wildman–Crippen LogP) is 4.51. The first-order valence-electron chi connectivity index (χ1n) is 8.21. The maximum atomic E-state index is 12.8. The van der Waals surface area contributed by atoms with Crippen LogP contribution in [0.4, 0.5) is 11.4 Å². The molecule has 3 aromatic rings. The first kappa shape index (κ1) is 17.6. The number of thiazole rings is 1. The number of nitrogens with zero attached hydrogens (tertiary/aromatic N) is 3. The number of nitro groups is 1. The van der Waals surface area contributed by atoms with Gasteiger partial charge in [0.1, 0.15) is 5.56 Å². The van der Waals surface area contributed by atoms with Crippen molar-refractivity contribution >= 4 is 56.5 Å². The number of nitro benzene ring substituents is 1. The molecule has 0 saturated carbocycles. The molecule has 9 heteroatoms.